The van der Waals surface area contributed by atoms with Crippen LogP contribution in [0.2, 0.25) is 5.02 Å². The molecule has 4 rings (SSSR count). The molecule has 1 aliphatic carbocycles. The van der Waals surface area contributed by atoms with Crippen molar-refractivity contribution in [2.24, 2.45) is 0 Å². The molecule has 1 saturated carbocycles. The van der Waals surface area contributed by atoms with Crippen molar-refractivity contribution in [1.29, 1.82) is 0 Å². The summed E-state index contributed by atoms with van der Waals surface area (Å²) >= 11 is 7.82. The molecule has 1 aliphatic rings. The molecule has 7 heteroatoms. The maximum atomic E-state index is 12.7. The van der Waals surface area contributed by atoms with Crippen LogP contribution in [-0.2, 0) is 17.1 Å². The van der Waals surface area contributed by atoms with Gasteiger partial charge >= 0.3 is 0 Å². The summed E-state index contributed by atoms with van der Waals surface area (Å²) in [6, 6.07) is 17.8. The Morgan fingerprint density at radius 2 is 1.86 bits per heavy atom. The number of rotatable bonds is 8. The second kappa shape index (κ2) is 8.80. The smallest absolute Gasteiger partial charge is 0.249 e. The molecular weight excluding hydrogens is 394 g/mol. The fourth-order valence-electron chi connectivity index (χ4n) is 2.93. The van der Waals surface area contributed by atoms with Crippen molar-refractivity contribution in [3.63, 3.8) is 0 Å². The zero-order valence-electron chi connectivity index (χ0n) is 15.3. The Kier molecular flexibility index (Phi) is 5.98. The van der Waals surface area contributed by atoms with E-state index >= 15 is 0 Å². The van der Waals surface area contributed by atoms with Crippen molar-refractivity contribution in [1.82, 2.24) is 15.1 Å². The number of carbonyl (C=O) groups is 1. The van der Waals surface area contributed by atoms with E-state index in [0.29, 0.717) is 34.7 Å². The summed E-state index contributed by atoms with van der Waals surface area (Å²) in [7, 11) is 0. The Bertz CT molecular complexity index is 944. The zero-order valence-corrected chi connectivity index (χ0v) is 16.8. The Hall–Kier alpha value is -2.31. The van der Waals surface area contributed by atoms with E-state index in [-0.39, 0.29) is 11.9 Å². The maximum absolute atomic E-state index is 12.7. The first kappa shape index (κ1) is 19.0. The molecular formula is C21H20ClN3O2S. The lowest BCUT2D eigenvalue weighted by molar-refractivity contribution is -0.129. The molecule has 1 aromatic heterocycles. The number of thioether (sulfide) groups is 1. The van der Waals surface area contributed by atoms with Crippen molar-refractivity contribution in [2.75, 3.05) is 5.75 Å². The molecule has 0 spiro atoms. The molecule has 0 bridgehead atoms. The molecule has 5 nitrogen and oxygen atoms in total. The van der Waals surface area contributed by atoms with E-state index in [1.165, 1.54) is 5.56 Å². The van der Waals surface area contributed by atoms with E-state index in [1.807, 2.05) is 41.3 Å². The quantitative estimate of drug-likeness (QED) is 0.530. The van der Waals surface area contributed by atoms with Crippen molar-refractivity contribution >= 4 is 29.3 Å². The molecule has 2 aromatic carbocycles. The highest BCUT2D eigenvalue weighted by atomic mass is 35.5. The first-order valence-corrected chi connectivity index (χ1v) is 10.7. The zero-order chi connectivity index (χ0) is 19.3. The highest BCUT2D eigenvalue weighted by Gasteiger charge is 2.33. The monoisotopic (exact) mass is 413 g/mol. The van der Waals surface area contributed by atoms with Gasteiger partial charge in [0.2, 0.25) is 17.7 Å². The molecule has 3 aromatic rings. The minimum atomic E-state index is 0.112. The maximum Gasteiger partial charge on any atom is 0.249 e. The number of hydrogen-bond donors (Lipinski definition) is 0. The van der Waals surface area contributed by atoms with Gasteiger partial charge in [-0.05, 0) is 30.5 Å². The third-order valence-electron chi connectivity index (χ3n) is 4.52. The molecule has 0 aliphatic heterocycles. The van der Waals surface area contributed by atoms with Crippen LogP contribution in [0, 0.1) is 0 Å². The van der Waals surface area contributed by atoms with Crippen molar-refractivity contribution < 1.29 is 9.21 Å². The third kappa shape index (κ3) is 4.75. The van der Waals surface area contributed by atoms with Crippen LogP contribution in [0.1, 0.15) is 24.3 Å². The van der Waals surface area contributed by atoms with Crippen LogP contribution in [0.3, 0.4) is 0 Å². The van der Waals surface area contributed by atoms with Crippen molar-refractivity contribution in [3.8, 4) is 11.5 Å². The molecule has 144 valence electrons. The molecule has 1 fully saturated rings. The van der Waals surface area contributed by atoms with Gasteiger partial charge in [-0.2, -0.15) is 0 Å². The number of aromatic nitrogens is 2. The summed E-state index contributed by atoms with van der Waals surface area (Å²) in [5.41, 5.74) is 1.92. The largest absolute Gasteiger partial charge is 0.419 e. The predicted octanol–water partition coefficient (Wildman–Crippen LogP) is 4.81. The summed E-state index contributed by atoms with van der Waals surface area (Å²) in [6.07, 6.45) is 2.06. The molecule has 1 amide bonds. The van der Waals surface area contributed by atoms with Gasteiger partial charge in [-0.3, -0.25) is 4.79 Å². The van der Waals surface area contributed by atoms with Crippen LogP contribution in [0.25, 0.3) is 11.5 Å². The SMILES string of the molecule is O=C(CSCc1ccccc1)N(Cc1nnc(-c2ccccc2Cl)o1)C1CC1. The lowest BCUT2D eigenvalue weighted by Gasteiger charge is -2.20. The van der Waals surface area contributed by atoms with Gasteiger partial charge in [0.05, 0.1) is 22.9 Å². The second-order valence-electron chi connectivity index (χ2n) is 6.71. The molecule has 0 radical (unpaired) electrons. The molecule has 0 saturated heterocycles. The van der Waals surface area contributed by atoms with Crippen LogP contribution >= 0.6 is 23.4 Å². The van der Waals surface area contributed by atoms with Crippen LogP contribution in [0.15, 0.2) is 59.0 Å². The topological polar surface area (TPSA) is 59.2 Å². The van der Waals surface area contributed by atoms with E-state index in [9.17, 15) is 4.79 Å². The van der Waals surface area contributed by atoms with Gasteiger partial charge in [-0.25, -0.2) is 0 Å². The van der Waals surface area contributed by atoms with E-state index in [1.54, 1.807) is 17.8 Å². The highest BCUT2D eigenvalue weighted by molar-refractivity contribution is 7.99. The minimum absolute atomic E-state index is 0.112. The second-order valence-corrected chi connectivity index (χ2v) is 8.10. The summed E-state index contributed by atoms with van der Waals surface area (Å²) in [5, 5.41) is 8.78. The summed E-state index contributed by atoms with van der Waals surface area (Å²) in [5.74, 6) is 2.19. The average molecular weight is 414 g/mol. The minimum Gasteiger partial charge on any atom is -0.419 e. The fourth-order valence-corrected chi connectivity index (χ4v) is 4.01. The third-order valence-corrected chi connectivity index (χ3v) is 5.84. The Labute approximate surface area is 173 Å². The Balaban J connectivity index is 1.37. The van der Waals surface area contributed by atoms with Gasteiger partial charge in [0.25, 0.3) is 0 Å². The number of halogens is 1. The Morgan fingerprint density at radius 3 is 2.61 bits per heavy atom. The van der Waals surface area contributed by atoms with E-state index in [0.717, 1.165) is 18.6 Å². The number of nitrogens with zero attached hydrogens (tertiary/aromatic N) is 3. The molecule has 0 atom stereocenters. The summed E-state index contributed by atoms with van der Waals surface area (Å²) < 4.78 is 5.78. The summed E-state index contributed by atoms with van der Waals surface area (Å²) in [6.45, 7) is 0.340. The van der Waals surface area contributed by atoms with Gasteiger partial charge in [-0.15, -0.1) is 22.0 Å². The predicted molar refractivity (Wildman–Crippen MR) is 111 cm³/mol. The summed E-state index contributed by atoms with van der Waals surface area (Å²) in [4.78, 5) is 14.6. The van der Waals surface area contributed by atoms with Gasteiger partial charge < -0.3 is 9.32 Å². The van der Waals surface area contributed by atoms with Crippen molar-refractivity contribution in [3.05, 3.63) is 71.1 Å². The lowest BCUT2D eigenvalue weighted by atomic mass is 10.2. The average Bonchev–Trinajstić information content (AvgIpc) is 3.45. The first-order valence-electron chi connectivity index (χ1n) is 9.19. The number of hydrogen-bond acceptors (Lipinski definition) is 5. The molecule has 0 N–H and O–H groups in total. The number of amides is 1. The molecule has 0 unspecified atom stereocenters. The van der Waals surface area contributed by atoms with E-state index < -0.39 is 0 Å². The van der Waals surface area contributed by atoms with E-state index in [2.05, 4.69) is 22.3 Å². The van der Waals surface area contributed by atoms with Crippen molar-refractivity contribution in [2.45, 2.75) is 31.2 Å². The van der Waals surface area contributed by atoms with Gasteiger partial charge in [0.15, 0.2) is 0 Å². The molecule has 28 heavy (non-hydrogen) atoms. The fraction of sp³-hybridized carbons (Fsp3) is 0.286. The first-order chi connectivity index (χ1) is 13.7. The normalized spacial score (nSPS) is 13.5. The van der Waals surface area contributed by atoms with E-state index in [4.69, 9.17) is 16.0 Å². The number of carbonyl (C=O) groups excluding carboxylic acids is 1. The van der Waals surface area contributed by atoms with Crippen LogP contribution in [-0.4, -0.2) is 32.8 Å². The lowest BCUT2D eigenvalue weighted by Crippen LogP contribution is -2.34. The van der Waals surface area contributed by atoms with Crippen LogP contribution in [0.5, 0.6) is 0 Å². The highest BCUT2D eigenvalue weighted by Crippen LogP contribution is 2.30. The number of benzene rings is 2. The van der Waals surface area contributed by atoms with Crippen LogP contribution in [0.4, 0.5) is 0 Å². The van der Waals surface area contributed by atoms with Gasteiger partial charge in [-0.1, -0.05) is 54.1 Å². The van der Waals surface area contributed by atoms with Crippen LogP contribution < -0.4 is 0 Å². The molecule has 1 heterocycles. The Morgan fingerprint density at radius 1 is 1.11 bits per heavy atom. The standard InChI is InChI=1S/C21H20ClN3O2S/c22-18-9-5-4-8-17(18)21-24-23-19(27-21)12-25(16-10-11-16)20(26)14-28-13-15-6-2-1-3-7-15/h1-9,16H,10-14H2. The van der Waals surface area contributed by atoms with Gasteiger partial charge in [0.1, 0.15) is 0 Å². The van der Waals surface area contributed by atoms with Gasteiger partial charge in [0, 0.05) is 11.8 Å².